The van der Waals surface area contributed by atoms with Crippen molar-refractivity contribution in [3.8, 4) is 11.8 Å². The van der Waals surface area contributed by atoms with Gasteiger partial charge in [0.25, 0.3) is 0 Å². The van der Waals surface area contributed by atoms with Gasteiger partial charge in [-0.25, -0.2) is 0 Å². The average Bonchev–Trinajstić information content (AvgIpc) is 2.68. The van der Waals surface area contributed by atoms with Crippen molar-refractivity contribution in [2.75, 3.05) is 4.90 Å². The van der Waals surface area contributed by atoms with Crippen LogP contribution in [0.5, 0.6) is 0 Å². The minimum absolute atomic E-state index is 0.113. The molecule has 0 bridgehead atoms. The van der Waals surface area contributed by atoms with Crippen molar-refractivity contribution in [3.05, 3.63) is 65.2 Å². The lowest BCUT2D eigenvalue weighted by Crippen LogP contribution is -2.31. The molecule has 1 aliphatic heterocycles. The number of carbonyl (C=O) groups is 2. The van der Waals surface area contributed by atoms with Gasteiger partial charge in [0.05, 0.1) is 12.2 Å². The number of hydrogen-bond acceptors (Lipinski definition) is 2. The van der Waals surface area contributed by atoms with Crippen molar-refractivity contribution >= 4 is 17.4 Å². The van der Waals surface area contributed by atoms with Crippen LogP contribution < -0.4 is 4.90 Å². The third-order valence-corrected chi connectivity index (χ3v) is 4.78. The van der Waals surface area contributed by atoms with Crippen molar-refractivity contribution in [2.24, 2.45) is 0 Å². The van der Waals surface area contributed by atoms with Gasteiger partial charge in [-0.1, -0.05) is 48.6 Å². The maximum absolute atomic E-state index is 12.9. The zero-order chi connectivity index (χ0) is 20.9. The summed E-state index contributed by atoms with van der Waals surface area (Å²) in [4.78, 5) is 25.5. The molecule has 1 amide bonds. The molecule has 150 valence electrons. The first-order valence-electron chi connectivity index (χ1n) is 9.45. The Balaban J connectivity index is 1.67. The van der Waals surface area contributed by atoms with Crippen LogP contribution in [0.15, 0.2) is 48.5 Å². The first-order chi connectivity index (χ1) is 13.9. The number of hydrogen-bond donors (Lipinski definition) is 0. The van der Waals surface area contributed by atoms with Gasteiger partial charge in [0.1, 0.15) is 0 Å². The van der Waals surface area contributed by atoms with Gasteiger partial charge in [-0.2, -0.15) is 13.2 Å². The van der Waals surface area contributed by atoms with Crippen LogP contribution in [0.2, 0.25) is 0 Å². The lowest BCUT2D eigenvalue weighted by molar-refractivity contribution is -0.171. The molecule has 0 N–H and O–H groups in total. The van der Waals surface area contributed by atoms with Crippen LogP contribution in [-0.4, -0.2) is 17.9 Å². The quantitative estimate of drug-likeness (QED) is 0.506. The van der Waals surface area contributed by atoms with Crippen molar-refractivity contribution in [2.45, 2.75) is 44.8 Å². The second-order valence-electron chi connectivity index (χ2n) is 6.89. The number of anilines is 1. The normalized spacial score (nSPS) is 12.7. The Morgan fingerprint density at radius 1 is 0.862 bits per heavy atom. The molecule has 0 atom stereocenters. The number of ketones is 1. The SMILES string of the molecule is O=C(CCCCCC(=O)C(F)(F)F)N1Cc2ccccc2C#Cc2ccccc21. The fourth-order valence-corrected chi connectivity index (χ4v) is 3.22. The third-order valence-electron chi connectivity index (χ3n) is 4.78. The van der Waals surface area contributed by atoms with Crippen LogP contribution in [0.4, 0.5) is 18.9 Å². The summed E-state index contributed by atoms with van der Waals surface area (Å²) in [6.45, 7) is 0.382. The van der Waals surface area contributed by atoms with E-state index < -0.39 is 18.4 Å². The summed E-state index contributed by atoms with van der Waals surface area (Å²) in [5.41, 5.74) is 3.29. The number of nitrogens with zero attached hydrogens (tertiary/aromatic N) is 1. The van der Waals surface area contributed by atoms with E-state index in [1.54, 1.807) is 4.90 Å². The molecule has 0 saturated carbocycles. The molecule has 29 heavy (non-hydrogen) atoms. The number of fused-ring (bicyclic) bond motifs is 2. The second-order valence-corrected chi connectivity index (χ2v) is 6.89. The third kappa shape index (κ3) is 5.26. The van der Waals surface area contributed by atoms with Crippen molar-refractivity contribution in [1.82, 2.24) is 0 Å². The molecule has 0 aromatic heterocycles. The molecular weight excluding hydrogens is 379 g/mol. The lowest BCUT2D eigenvalue weighted by atomic mass is 10.0. The van der Waals surface area contributed by atoms with E-state index in [2.05, 4.69) is 11.8 Å². The molecule has 2 aromatic rings. The Hall–Kier alpha value is -3.07. The molecule has 0 spiro atoms. The number of unbranched alkanes of at least 4 members (excludes halogenated alkanes) is 2. The Labute approximate surface area is 167 Å². The first-order valence-corrected chi connectivity index (χ1v) is 9.45. The number of Topliss-reactive ketones (excluding diaryl/α,β-unsaturated/α-hetero) is 1. The van der Waals surface area contributed by atoms with Crippen LogP contribution in [0.1, 0.15) is 48.8 Å². The van der Waals surface area contributed by atoms with E-state index in [1.807, 2.05) is 48.5 Å². The highest BCUT2D eigenvalue weighted by Gasteiger charge is 2.37. The van der Waals surface area contributed by atoms with Gasteiger partial charge in [0, 0.05) is 24.0 Å². The van der Waals surface area contributed by atoms with Gasteiger partial charge < -0.3 is 4.90 Å². The van der Waals surface area contributed by atoms with E-state index in [1.165, 1.54) is 0 Å². The average molecular weight is 399 g/mol. The summed E-state index contributed by atoms with van der Waals surface area (Å²) < 4.78 is 36.7. The largest absolute Gasteiger partial charge is 0.449 e. The minimum Gasteiger partial charge on any atom is -0.307 e. The predicted molar refractivity (Wildman–Crippen MR) is 104 cm³/mol. The van der Waals surface area contributed by atoms with E-state index in [4.69, 9.17) is 0 Å². The summed E-state index contributed by atoms with van der Waals surface area (Å²) in [6, 6.07) is 15.1. The fourth-order valence-electron chi connectivity index (χ4n) is 3.22. The predicted octanol–water partition coefficient (Wildman–Crippen LogP) is 5.01. The maximum atomic E-state index is 12.9. The van der Waals surface area contributed by atoms with Crippen LogP contribution in [-0.2, 0) is 16.1 Å². The highest BCUT2D eigenvalue weighted by atomic mass is 19.4. The van der Waals surface area contributed by atoms with Crippen molar-refractivity contribution in [1.29, 1.82) is 0 Å². The molecule has 0 saturated heterocycles. The summed E-state index contributed by atoms with van der Waals surface area (Å²) in [5.74, 6) is 4.45. The summed E-state index contributed by atoms with van der Waals surface area (Å²) in [6.07, 6.45) is -4.18. The molecule has 3 nitrogen and oxygen atoms in total. The van der Waals surface area contributed by atoms with E-state index in [-0.39, 0.29) is 18.7 Å². The van der Waals surface area contributed by atoms with Gasteiger partial charge in [0.2, 0.25) is 11.7 Å². The Morgan fingerprint density at radius 2 is 1.48 bits per heavy atom. The standard InChI is InChI=1S/C23H20F3NO2/c24-23(25,26)21(28)12-2-1-3-13-22(29)27-16-19-10-5-4-8-17(19)14-15-18-9-6-7-11-20(18)27/h4-11H,1-3,12-13,16H2. The van der Waals surface area contributed by atoms with Gasteiger partial charge in [-0.3, -0.25) is 9.59 Å². The fraction of sp³-hybridized carbons (Fsp3) is 0.304. The molecule has 0 aliphatic carbocycles. The van der Waals surface area contributed by atoms with Crippen LogP contribution in [0, 0.1) is 11.8 Å². The number of halogens is 3. The van der Waals surface area contributed by atoms with E-state index >= 15 is 0 Å². The molecule has 1 aliphatic rings. The molecule has 0 unspecified atom stereocenters. The molecule has 1 heterocycles. The highest BCUT2D eigenvalue weighted by Crippen LogP contribution is 2.26. The number of rotatable bonds is 6. The highest BCUT2D eigenvalue weighted by molar-refractivity contribution is 5.95. The smallest absolute Gasteiger partial charge is 0.307 e. The number of para-hydroxylation sites is 1. The summed E-state index contributed by atoms with van der Waals surface area (Å²) in [5, 5.41) is 0. The molecule has 2 aromatic carbocycles. The zero-order valence-corrected chi connectivity index (χ0v) is 15.8. The molecule has 6 heteroatoms. The molecule has 0 fully saturated rings. The van der Waals surface area contributed by atoms with Crippen molar-refractivity contribution < 1.29 is 22.8 Å². The monoisotopic (exact) mass is 399 g/mol. The van der Waals surface area contributed by atoms with E-state index in [0.717, 1.165) is 22.4 Å². The Morgan fingerprint density at radius 3 is 2.24 bits per heavy atom. The maximum Gasteiger partial charge on any atom is 0.449 e. The van der Waals surface area contributed by atoms with Crippen LogP contribution in [0.25, 0.3) is 0 Å². The summed E-state index contributed by atoms with van der Waals surface area (Å²) >= 11 is 0. The second kappa shape index (κ2) is 8.95. The topological polar surface area (TPSA) is 37.4 Å². The van der Waals surface area contributed by atoms with Gasteiger partial charge in [-0.15, -0.1) is 0 Å². The first kappa shape index (κ1) is 20.7. The number of carbonyl (C=O) groups excluding carboxylic acids is 2. The summed E-state index contributed by atoms with van der Waals surface area (Å²) in [7, 11) is 0. The van der Waals surface area contributed by atoms with E-state index in [0.29, 0.717) is 19.4 Å². The molecule has 3 rings (SSSR count). The van der Waals surface area contributed by atoms with Crippen LogP contribution >= 0.6 is 0 Å². The van der Waals surface area contributed by atoms with Crippen molar-refractivity contribution in [3.63, 3.8) is 0 Å². The number of alkyl halides is 3. The van der Waals surface area contributed by atoms with Crippen LogP contribution in [0.3, 0.4) is 0 Å². The number of amides is 1. The number of benzene rings is 2. The lowest BCUT2D eigenvalue weighted by Gasteiger charge is -2.26. The molecular formula is C23H20F3NO2. The minimum atomic E-state index is -4.78. The molecule has 0 radical (unpaired) electrons. The Bertz CT molecular complexity index is 970. The Kier molecular flexibility index (Phi) is 6.38. The van der Waals surface area contributed by atoms with Gasteiger partial charge in [0.15, 0.2) is 0 Å². The van der Waals surface area contributed by atoms with E-state index in [9.17, 15) is 22.8 Å². The van der Waals surface area contributed by atoms with Gasteiger partial charge >= 0.3 is 6.18 Å². The van der Waals surface area contributed by atoms with Gasteiger partial charge in [-0.05, 0) is 36.6 Å². The zero-order valence-electron chi connectivity index (χ0n) is 15.8.